The van der Waals surface area contributed by atoms with Crippen molar-refractivity contribution in [3.05, 3.63) is 27.8 Å². The van der Waals surface area contributed by atoms with Crippen LogP contribution in [0.15, 0.2) is 12.1 Å². The molecule has 0 saturated carbocycles. The van der Waals surface area contributed by atoms with Gasteiger partial charge in [0.25, 0.3) is 5.69 Å². The maximum absolute atomic E-state index is 11.7. The third kappa shape index (κ3) is 4.56. The topological polar surface area (TPSA) is 151 Å². The lowest BCUT2D eigenvalue weighted by atomic mass is 10.1. The second kappa shape index (κ2) is 8.67. The molecule has 24 heavy (non-hydrogen) atoms. The zero-order valence-electron chi connectivity index (χ0n) is 13.2. The molecule has 0 aliphatic heterocycles. The highest BCUT2D eigenvalue weighted by Crippen LogP contribution is 2.38. The number of carboxylic acid groups (broad SMARTS) is 1. The standard InChI is InChI=1S/C14H18N2O8/c1-22-10-6-8(9(16(20)21)7-11(10)23-2)13(14(18)19)24-12(17)4-3-5-15/h6-7,13H,3-5,15H2,1-2H3,(H,18,19). The van der Waals surface area contributed by atoms with Gasteiger partial charge in [0.1, 0.15) is 0 Å². The second-order valence-corrected chi connectivity index (χ2v) is 4.62. The van der Waals surface area contributed by atoms with E-state index >= 15 is 0 Å². The lowest BCUT2D eigenvalue weighted by Gasteiger charge is -2.16. The molecule has 10 heteroatoms. The Balaban J connectivity index is 3.33. The first-order chi connectivity index (χ1) is 11.3. The first kappa shape index (κ1) is 19.2. The Morgan fingerprint density at radius 2 is 1.88 bits per heavy atom. The van der Waals surface area contributed by atoms with Crippen LogP contribution in [-0.2, 0) is 14.3 Å². The van der Waals surface area contributed by atoms with E-state index in [2.05, 4.69) is 0 Å². The molecule has 1 rings (SSSR count). The third-order valence-corrected chi connectivity index (χ3v) is 3.07. The van der Waals surface area contributed by atoms with Crippen molar-refractivity contribution >= 4 is 17.6 Å². The molecule has 0 bridgehead atoms. The minimum atomic E-state index is -1.85. The van der Waals surface area contributed by atoms with E-state index in [4.69, 9.17) is 19.9 Å². The molecule has 1 aromatic carbocycles. The third-order valence-electron chi connectivity index (χ3n) is 3.07. The molecule has 0 aliphatic rings. The van der Waals surface area contributed by atoms with E-state index in [1.165, 1.54) is 14.2 Å². The number of benzene rings is 1. The largest absolute Gasteiger partial charge is 0.493 e. The maximum atomic E-state index is 11.7. The minimum Gasteiger partial charge on any atom is -0.493 e. The molecule has 132 valence electrons. The van der Waals surface area contributed by atoms with Crippen molar-refractivity contribution in [1.82, 2.24) is 0 Å². The van der Waals surface area contributed by atoms with E-state index in [1.54, 1.807) is 0 Å². The molecule has 0 spiro atoms. The summed E-state index contributed by atoms with van der Waals surface area (Å²) in [4.78, 5) is 33.6. The average molecular weight is 342 g/mol. The molecule has 0 saturated heterocycles. The summed E-state index contributed by atoms with van der Waals surface area (Å²) in [5.41, 5.74) is 4.38. The molecule has 1 aromatic rings. The zero-order chi connectivity index (χ0) is 18.3. The summed E-state index contributed by atoms with van der Waals surface area (Å²) in [6.07, 6.45) is -1.64. The zero-order valence-corrected chi connectivity index (χ0v) is 13.2. The van der Waals surface area contributed by atoms with Crippen molar-refractivity contribution in [1.29, 1.82) is 0 Å². The molecule has 0 radical (unpaired) electrons. The van der Waals surface area contributed by atoms with Gasteiger partial charge in [-0.05, 0) is 19.0 Å². The summed E-state index contributed by atoms with van der Waals surface area (Å²) in [6.45, 7) is 0.226. The van der Waals surface area contributed by atoms with Crippen molar-refractivity contribution in [3.8, 4) is 11.5 Å². The Hall–Kier alpha value is -2.88. The molecule has 0 amide bonds. The van der Waals surface area contributed by atoms with E-state index in [1.807, 2.05) is 0 Å². The normalized spacial score (nSPS) is 11.5. The van der Waals surface area contributed by atoms with Crippen LogP contribution in [0.1, 0.15) is 24.5 Å². The minimum absolute atomic E-state index is 0.0477. The molecule has 0 fully saturated rings. The fraction of sp³-hybridized carbons (Fsp3) is 0.429. The van der Waals surface area contributed by atoms with Gasteiger partial charge >= 0.3 is 11.9 Å². The summed E-state index contributed by atoms with van der Waals surface area (Å²) in [6, 6.07) is 2.11. The summed E-state index contributed by atoms with van der Waals surface area (Å²) in [7, 11) is 2.57. The van der Waals surface area contributed by atoms with Crippen LogP contribution in [0.4, 0.5) is 5.69 Å². The molecule has 10 nitrogen and oxygen atoms in total. The van der Waals surface area contributed by atoms with Crippen molar-refractivity contribution in [2.24, 2.45) is 5.73 Å². The highest BCUT2D eigenvalue weighted by molar-refractivity contribution is 5.81. The van der Waals surface area contributed by atoms with Crippen molar-refractivity contribution in [2.75, 3.05) is 20.8 Å². The summed E-state index contributed by atoms with van der Waals surface area (Å²) < 4.78 is 14.8. The number of hydrogen-bond acceptors (Lipinski definition) is 8. The number of nitrogens with two attached hydrogens (primary N) is 1. The van der Waals surface area contributed by atoms with Crippen LogP contribution in [0.3, 0.4) is 0 Å². The van der Waals surface area contributed by atoms with Gasteiger partial charge in [-0.1, -0.05) is 0 Å². The van der Waals surface area contributed by atoms with Crippen molar-refractivity contribution in [3.63, 3.8) is 0 Å². The predicted molar refractivity (Wildman–Crippen MR) is 81.0 cm³/mol. The SMILES string of the molecule is COc1cc(C(OC(=O)CCCN)C(=O)O)c([N+](=O)[O-])cc1OC. The number of esters is 1. The predicted octanol–water partition coefficient (Wildman–Crippen LogP) is 1.02. The van der Waals surface area contributed by atoms with Crippen LogP contribution >= 0.6 is 0 Å². The van der Waals surface area contributed by atoms with Crippen molar-refractivity contribution in [2.45, 2.75) is 18.9 Å². The number of carbonyl (C=O) groups excluding carboxylic acids is 1. The van der Waals surface area contributed by atoms with E-state index in [9.17, 15) is 24.8 Å². The van der Waals surface area contributed by atoms with E-state index in [0.717, 1.165) is 12.1 Å². The summed E-state index contributed by atoms with van der Waals surface area (Å²) in [5.74, 6) is -2.25. The molecule has 0 aliphatic carbocycles. The molecular formula is C14H18N2O8. The number of ether oxygens (including phenoxy) is 3. The number of nitro benzene ring substituents is 1. The molecular weight excluding hydrogens is 324 g/mol. The lowest BCUT2D eigenvalue weighted by Crippen LogP contribution is -2.21. The van der Waals surface area contributed by atoms with Gasteiger partial charge in [0.15, 0.2) is 11.5 Å². The van der Waals surface area contributed by atoms with Crippen molar-refractivity contribution < 1.29 is 33.8 Å². The van der Waals surface area contributed by atoms with E-state index in [0.29, 0.717) is 6.42 Å². The lowest BCUT2D eigenvalue weighted by molar-refractivity contribution is -0.386. The Morgan fingerprint density at radius 1 is 1.29 bits per heavy atom. The maximum Gasteiger partial charge on any atom is 0.350 e. The van der Waals surface area contributed by atoms with Gasteiger partial charge in [-0.15, -0.1) is 0 Å². The van der Waals surface area contributed by atoms with Crippen LogP contribution in [0, 0.1) is 10.1 Å². The second-order valence-electron chi connectivity index (χ2n) is 4.62. The van der Waals surface area contributed by atoms with Gasteiger partial charge < -0.3 is 25.1 Å². The average Bonchev–Trinajstić information content (AvgIpc) is 2.56. The van der Waals surface area contributed by atoms with E-state index in [-0.39, 0.29) is 30.0 Å². The van der Waals surface area contributed by atoms with Gasteiger partial charge in [0, 0.05) is 6.42 Å². The Morgan fingerprint density at radius 3 is 2.33 bits per heavy atom. The van der Waals surface area contributed by atoms with Gasteiger partial charge in [0.2, 0.25) is 6.10 Å². The van der Waals surface area contributed by atoms with Gasteiger partial charge in [-0.2, -0.15) is 0 Å². The summed E-state index contributed by atoms with van der Waals surface area (Å²) in [5, 5.41) is 20.5. The molecule has 3 N–H and O–H groups in total. The number of aliphatic carboxylic acids is 1. The van der Waals surface area contributed by atoms with Crippen LogP contribution in [0.5, 0.6) is 11.5 Å². The number of nitro groups is 1. The molecule has 0 heterocycles. The number of hydrogen-bond donors (Lipinski definition) is 2. The fourth-order valence-corrected chi connectivity index (χ4v) is 1.94. The first-order valence-corrected chi connectivity index (χ1v) is 6.88. The number of rotatable bonds is 9. The number of carboxylic acids is 1. The van der Waals surface area contributed by atoms with Crippen LogP contribution < -0.4 is 15.2 Å². The van der Waals surface area contributed by atoms with Gasteiger partial charge in [-0.3, -0.25) is 14.9 Å². The molecule has 0 aromatic heterocycles. The van der Waals surface area contributed by atoms with Gasteiger partial charge in [0.05, 0.1) is 30.8 Å². The Kier molecular flexibility index (Phi) is 6.93. The monoisotopic (exact) mass is 342 g/mol. The van der Waals surface area contributed by atoms with Gasteiger partial charge in [-0.25, -0.2) is 4.79 Å². The summed E-state index contributed by atoms with van der Waals surface area (Å²) >= 11 is 0. The Labute approximate surface area is 137 Å². The first-order valence-electron chi connectivity index (χ1n) is 6.88. The van der Waals surface area contributed by atoms with E-state index < -0.39 is 28.7 Å². The molecule has 1 atom stereocenters. The number of nitrogens with zero attached hydrogens (tertiary/aromatic N) is 1. The number of methoxy groups -OCH3 is 2. The fourth-order valence-electron chi connectivity index (χ4n) is 1.94. The quantitative estimate of drug-likeness (QED) is 0.380. The highest BCUT2D eigenvalue weighted by Gasteiger charge is 2.33. The smallest absolute Gasteiger partial charge is 0.350 e. The Bertz CT molecular complexity index is 631. The van der Waals surface area contributed by atoms with Crippen LogP contribution in [-0.4, -0.2) is 42.7 Å². The van der Waals surface area contributed by atoms with Crippen LogP contribution in [0.2, 0.25) is 0 Å². The highest BCUT2D eigenvalue weighted by atomic mass is 16.6. The van der Waals surface area contributed by atoms with Crippen LogP contribution in [0.25, 0.3) is 0 Å². The molecule has 1 unspecified atom stereocenters. The number of carbonyl (C=O) groups is 2.